The molecule has 38 heavy (non-hydrogen) atoms. The van der Waals surface area contributed by atoms with E-state index in [1.807, 2.05) is 50.2 Å². The number of pyridine rings is 1. The largest absolute Gasteiger partial charge is 0.405 e. The molecule has 0 saturated carbocycles. The first kappa shape index (κ1) is 27.7. The number of aliphatic hydroxyl groups is 1. The molecule has 3 aromatic rings. The fraction of sp³-hybridized carbons (Fsp3) is 0.414. The molecule has 0 aliphatic carbocycles. The van der Waals surface area contributed by atoms with Crippen LogP contribution in [-0.4, -0.2) is 49.1 Å². The molecule has 0 unspecified atom stereocenters. The Hall–Kier alpha value is -1.81. The van der Waals surface area contributed by atoms with Crippen molar-refractivity contribution in [2.75, 3.05) is 6.61 Å². The number of rotatable bonds is 6. The van der Waals surface area contributed by atoms with Crippen LogP contribution >= 0.6 is 23.2 Å². The van der Waals surface area contributed by atoms with Crippen LogP contribution in [0.3, 0.4) is 0 Å². The van der Waals surface area contributed by atoms with E-state index in [0.717, 1.165) is 10.4 Å². The van der Waals surface area contributed by atoms with Gasteiger partial charge in [-0.25, -0.2) is 4.98 Å². The Morgan fingerprint density at radius 2 is 1.47 bits per heavy atom. The molecule has 5 rings (SSSR count). The van der Waals surface area contributed by atoms with Crippen molar-refractivity contribution in [3.05, 3.63) is 88.7 Å². The molecule has 1 aromatic heterocycles. The molecule has 2 saturated heterocycles. The van der Waals surface area contributed by atoms with E-state index in [-0.39, 0.29) is 27.5 Å². The third-order valence-electron chi connectivity index (χ3n) is 7.29. The van der Waals surface area contributed by atoms with E-state index in [0.29, 0.717) is 0 Å². The maximum Gasteiger partial charge on any atom is 0.261 e. The molecule has 2 aromatic carbocycles. The van der Waals surface area contributed by atoms with Gasteiger partial charge in [0.2, 0.25) is 5.79 Å². The van der Waals surface area contributed by atoms with E-state index in [9.17, 15) is 5.11 Å². The molecular formula is C29H33Cl2NO5Si. The number of benzene rings is 2. The minimum atomic E-state index is -2.85. The molecule has 202 valence electrons. The van der Waals surface area contributed by atoms with Crippen molar-refractivity contribution in [1.82, 2.24) is 4.98 Å². The SMILES string of the molecule is CC1(C)O[C@H]2[C@@H](O1)[C@](O)(c1ccc(Cl)nc1Cl)O[C@@H]2CO[Si](c1ccccc1)(c1ccccc1)C(C)(C)C. The number of fused-ring (bicyclic) bond motifs is 1. The van der Waals surface area contributed by atoms with Crippen molar-refractivity contribution in [2.45, 2.75) is 69.5 Å². The van der Waals surface area contributed by atoms with Crippen LogP contribution in [0.2, 0.25) is 15.3 Å². The summed E-state index contributed by atoms with van der Waals surface area (Å²) < 4.78 is 25.9. The smallest absolute Gasteiger partial charge is 0.261 e. The summed E-state index contributed by atoms with van der Waals surface area (Å²) >= 11 is 12.4. The summed E-state index contributed by atoms with van der Waals surface area (Å²) in [6, 6.07) is 23.9. The summed E-state index contributed by atoms with van der Waals surface area (Å²) in [5, 5.41) is 14.2. The zero-order valence-corrected chi connectivity index (χ0v) is 24.7. The summed E-state index contributed by atoms with van der Waals surface area (Å²) in [7, 11) is -2.85. The van der Waals surface area contributed by atoms with Crippen LogP contribution in [0.15, 0.2) is 72.8 Å². The second kappa shape index (κ2) is 9.98. The monoisotopic (exact) mass is 573 g/mol. The summed E-state index contributed by atoms with van der Waals surface area (Å²) in [5.41, 5.74) is 0.271. The lowest BCUT2D eigenvalue weighted by atomic mass is 9.99. The molecule has 2 fully saturated rings. The van der Waals surface area contributed by atoms with Gasteiger partial charge in [-0.2, -0.15) is 0 Å². The van der Waals surface area contributed by atoms with Gasteiger partial charge < -0.3 is 23.7 Å². The topological polar surface area (TPSA) is 70.0 Å². The molecule has 3 heterocycles. The van der Waals surface area contributed by atoms with Crippen molar-refractivity contribution in [1.29, 1.82) is 0 Å². The highest BCUT2D eigenvalue weighted by Gasteiger charge is 2.64. The minimum absolute atomic E-state index is 0.0422. The highest BCUT2D eigenvalue weighted by molar-refractivity contribution is 6.99. The molecule has 0 amide bonds. The first-order valence-corrected chi connectivity index (χ1v) is 15.4. The fourth-order valence-electron chi connectivity index (χ4n) is 5.72. The Balaban J connectivity index is 1.55. The highest BCUT2D eigenvalue weighted by atomic mass is 35.5. The Labute approximate surface area is 234 Å². The average molecular weight is 575 g/mol. The number of aromatic nitrogens is 1. The van der Waals surface area contributed by atoms with Gasteiger partial charge in [-0.1, -0.05) is 105 Å². The van der Waals surface area contributed by atoms with Gasteiger partial charge in [-0.3, -0.25) is 0 Å². The molecule has 9 heteroatoms. The van der Waals surface area contributed by atoms with Crippen LogP contribution in [0.1, 0.15) is 40.2 Å². The molecule has 2 aliphatic heterocycles. The zero-order valence-electron chi connectivity index (χ0n) is 22.2. The number of hydrogen-bond donors (Lipinski definition) is 1. The second-order valence-electron chi connectivity index (χ2n) is 11.3. The van der Waals surface area contributed by atoms with E-state index < -0.39 is 38.2 Å². The van der Waals surface area contributed by atoms with Gasteiger partial charge in [-0.15, -0.1) is 0 Å². The maximum absolute atomic E-state index is 11.9. The first-order chi connectivity index (χ1) is 17.9. The standard InChI is InChI=1S/C29H33Cl2NO5Si/c1-27(2,3)38(19-12-8-6-9-13-19,20-14-10-7-11-15-20)34-18-22-24-25(37-28(4,5)36-24)29(33,35-22)21-16-17-23(30)32-26(21)31/h6-17,22,24-25,33H,18H2,1-5H3/t22-,24-,25-,29+/m1/s1. The first-order valence-electron chi connectivity index (χ1n) is 12.7. The highest BCUT2D eigenvalue weighted by Crippen LogP contribution is 2.49. The second-order valence-corrected chi connectivity index (χ2v) is 16.4. The number of halogens is 2. The molecule has 2 aliphatic rings. The van der Waals surface area contributed by atoms with Gasteiger partial charge >= 0.3 is 0 Å². The van der Waals surface area contributed by atoms with Crippen LogP contribution < -0.4 is 10.4 Å². The average Bonchev–Trinajstić information content (AvgIpc) is 3.31. The van der Waals surface area contributed by atoms with Gasteiger partial charge in [0, 0.05) is 0 Å². The van der Waals surface area contributed by atoms with Crippen molar-refractivity contribution in [3.8, 4) is 0 Å². The molecule has 4 atom stereocenters. The number of nitrogens with zero attached hydrogens (tertiary/aromatic N) is 1. The van der Waals surface area contributed by atoms with Crippen LogP contribution in [0, 0.1) is 0 Å². The number of hydrogen-bond acceptors (Lipinski definition) is 6. The van der Waals surface area contributed by atoms with Crippen molar-refractivity contribution >= 4 is 41.9 Å². The Kier molecular flexibility index (Phi) is 7.29. The lowest BCUT2D eigenvalue weighted by Gasteiger charge is -2.43. The fourth-order valence-corrected chi connectivity index (χ4v) is 10.8. The van der Waals surface area contributed by atoms with Crippen molar-refractivity contribution in [2.24, 2.45) is 0 Å². The summed E-state index contributed by atoms with van der Waals surface area (Å²) in [5.74, 6) is -2.83. The molecule has 0 radical (unpaired) electrons. The molecule has 0 bridgehead atoms. The molecular weight excluding hydrogens is 541 g/mol. The van der Waals surface area contributed by atoms with Gasteiger partial charge in [0.25, 0.3) is 8.32 Å². The van der Waals surface area contributed by atoms with Crippen molar-refractivity contribution in [3.63, 3.8) is 0 Å². The summed E-state index contributed by atoms with van der Waals surface area (Å²) in [6.45, 7) is 10.4. The van der Waals surface area contributed by atoms with Crippen LogP contribution in [0.25, 0.3) is 0 Å². The minimum Gasteiger partial charge on any atom is -0.405 e. The third-order valence-corrected chi connectivity index (χ3v) is 12.8. The van der Waals surface area contributed by atoms with Crippen LogP contribution in [0.4, 0.5) is 0 Å². The lowest BCUT2D eigenvalue weighted by molar-refractivity contribution is -0.283. The van der Waals surface area contributed by atoms with Crippen LogP contribution in [-0.2, 0) is 24.4 Å². The van der Waals surface area contributed by atoms with E-state index in [1.54, 1.807) is 12.1 Å². The van der Waals surface area contributed by atoms with E-state index in [1.165, 1.54) is 0 Å². The Morgan fingerprint density at radius 3 is 2.00 bits per heavy atom. The van der Waals surface area contributed by atoms with Crippen molar-refractivity contribution < 1.29 is 23.7 Å². The summed E-state index contributed by atoms with van der Waals surface area (Å²) in [6.07, 6.45) is -2.08. The van der Waals surface area contributed by atoms with E-state index >= 15 is 0 Å². The predicted molar refractivity (Wildman–Crippen MR) is 150 cm³/mol. The lowest BCUT2D eigenvalue weighted by Crippen LogP contribution is -2.67. The molecule has 6 nitrogen and oxygen atoms in total. The Bertz CT molecular complexity index is 1250. The van der Waals surface area contributed by atoms with Gasteiger partial charge in [0.1, 0.15) is 28.6 Å². The van der Waals surface area contributed by atoms with E-state index in [4.69, 9.17) is 41.8 Å². The van der Waals surface area contributed by atoms with Crippen LogP contribution in [0.5, 0.6) is 0 Å². The molecule has 1 N–H and O–H groups in total. The molecule has 0 spiro atoms. The van der Waals surface area contributed by atoms with Gasteiger partial charge in [-0.05, 0) is 41.4 Å². The maximum atomic E-state index is 11.9. The quantitative estimate of drug-likeness (QED) is 0.329. The Morgan fingerprint density at radius 1 is 0.895 bits per heavy atom. The number of ether oxygens (including phenoxy) is 3. The van der Waals surface area contributed by atoms with Gasteiger partial charge in [0.15, 0.2) is 5.79 Å². The zero-order chi connectivity index (χ0) is 27.3. The van der Waals surface area contributed by atoms with Gasteiger partial charge in [0.05, 0.1) is 12.2 Å². The summed E-state index contributed by atoms with van der Waals surface area (Å²) in [4.78, 5) is 4.11. The predicted octanol–water partition coefficient (Wildman–Crippen LogP) is 5.03. The van der Waals surface area contributed by atoms with E-state index in [2.05, 4.69) is 50.0 Å². The third kappa shape index (κ3) is 4.73. The normalized spacial score (nSPS) is 26.9.